The van der Waals surface area contributed by atoms with Crippen molar-refractivity contribution in [2.45, 2.75) is 19.4 Å². The summed E-state index contributed by atoms with van der Waals surface area (Å²) in [6, 6.07) is 20.0. The summed E-state index contributed by atoms with van der Waals surface area (Å²) < 4.78 is 6.10. The van der Waals surface area contributed by atoms with Gasteiger partial charge in [-0.25, -0.2) is 0 Å². The van der Waals surface area contributed by atoms with E-state index in [1.54, 1.807) is 0 Å². The van der Waals surface area contributed by atoms with E-state index in [0.29, 0.717) is 4.88 Å². The summed E-state index contributed by atoms with van der Waals surface area (Å²) in [5.74, 6) is -0.164. The van der Waals surface area contributed by atoms with Gasteiger partial charge in [0.25, 0.3) is 0 Å². The molecule has 0 fully saturated rings. The van der Waals surface area contributed by atoms with Crippen LogP contribution >= 0.6 is 11.3 Å². The second kappa shape index (κ2) is 6.66. The molecule has 0 radical (unpaired) electrons. The van der Waals surface area contributed by atoms with Crippen molar-refractivity contribution in [1.29, 1.82) is 5.26 Å². The number of fused-ring (bicyclic) bond motifs is 1. The fourth-order valence-corrected chi connectivity index (χ4v) is 4.45. The first kappa shape index (κ1) is 17.5. The first-order valence-electron chi connectivity index (χ1n) is 8.66. The highest BCUT2D eigenvalue weighted by Crippen LogP contribution is 2.42. The van der Waals surface area contributed by atoms with Crippen LogP contribution in [0.5, 0.6) is 0 Å². The van der Waals surface area contributed by atoms with Gasteiger partial charge in [0, 0.05) is 16.1 Å². The number of benzene rings is 2. The van der Waals surface area contributed by atoms with Gasteiger partial charge in [-0.05, 0) is 48.7 Å². The van der Waals surface area contributed by atoms with Crippen molar-refractivity contribution in [3.63, 3.8) is 0 Å². The molecule has 0 spiro atoms. The smallest absolute Gasteiger partial charge is 0.250 e. The topological polar surface area (TPSA) is 62.1 Å². The molecule has 0 aliphatic carbocycles. The molecule has 4 nitrogen and oxygen atoms in total. The Morgan fingerprint density at radius 2 is 1.96 bits per heavy atom. The van der Waals surface area contributed by atoms with E-state index in [9.17, 15) is 10.1 Å². The number of nitrogens with zero attached hydrogens (tertiary/aromatic N) is 1. The molecular formula is C22H18N2O2S. The Bertz CT molecular complexity index is 1070. The Morgan fingerprint density at radius 1 is 1.19 bits per heavy atom. The minimum absolute atomic E-state index is 0.00792. The van der Waals surface area contributed by atoms with Crippen molar-refractivity contribution >= 4 is 22.9 Å². The monoisotopic (exact) mass is 374 g/mol. The van der Waals surface area contributed by atoms with Gasteiger partial charge in [-0.3, -0.25) is 4.79 Å². The normalized spacial score (nSPS) is 18.9. The van der Waals surface area contributed by atoms with Crippen LogP contribution in [0.3, 0.4) is 0 Å². The number of carbonyl (C=O) groups is 1. The highest BCUT2D eigenvalue weighted by atomic mass is 32.1. The van der Waals surface area contributed by atoms with E-state index in [1.807, 2.05) is 62.4 Å². The highest BCUT2D eigenvalue weighted by molar-refractivity contribution is 7.16. The lowest BCUT2D eigenvalue weighted by atomic mass is 9.85. The predicted molar refractivity (Wildman–Crippen MR) is 107 cm³/mol. The van der Waals surface area contributed by atoms with Crippen LogP contribution in [0.4, 0.5) is 5.69 Å². The molecule has 1 unspecified atom stereocenters. The maximum absolute atomic E-state index is 12.1. The number of ether oxygens (including phenoxy) is 1. The molecular weight excluding hydrogens is 356 g/mol. The number of amides is 1. The molecule has 134 valence electrons. The molecule has 1 aromatic heterocycles. The van der Waals surface area contributed by atoms with Crippen LogP contribution in [-0.2, 0) is 15.1 Å². The Morgan fingerprint density at radius 3 is 2.67 bits per heavy atom. The first-order valence-corrected chi connectivity index (χ1v) is 9.47. The van der Waals surface area contributed by atoms with Gasteiger partial charge in [0.05, 0.1) is 0 Å². The second-order valence-electron chi connectivity index (χ2n) is 6.73. The minimum Gasteiger partial charge on any atom is -0.356 e. The predicted octanol–water partition coefficient (Wildman–Crippen LogP) is 4.83. The molecule has 3 aromatic rings. The van der Waals surface area contributed by atoms with Gasteiger partial charge < -0.3 is 10.1 Å². The van der Waals surface area contributed by atoms with Crippen molar-refractivity contribution in [2.24, 2.45) is 0 Å². The standard InChI is InChI=1S/C22H18N2O2S/c1-14-10-17(12-23)27-21(14)15-8-9-19-18(11-15)22(2,26-13-20(25)24-19)16-6-4-3-5-7-16/h3-11H,13H2,1-2H3,(H,24,25). The summed E-state index contributed by atoms with van der Waals surface area (Å²) >= 11 is 1.48. The van der Waals surface area contributed by atoms with Gasteiger partial charge in [-0.1, -0.05) is 36.4 Å². The van der Waals surface area contributed by atoms with Crippen LogP contribution in [0.15, 0.2) is 54.6 Å². The van der Waals surface area contributed by atoms with Crippen molar-refractivity contribution in [3.05, 3.63) is 76.2 Å². The van der Waals surface area contributed by atoms with E-state index in [0.717, 1.165) is 32.8 Å². The molecule has 2 aromatic carbocycles. The molecule has 4 rings (SSSR count). The van der Waals surface area contributed by atoms with Gasteiger partial charge in [-0.15, -0.1) is 11.3 Å². The third-order valence-electron chi connectivity index (χ3n) is 4.91. The quantitative estimate of drug-likeness (QED) is 0.699. The van der Waals surface area contributed by atoms with Crippen molar-refractivity contribution in [2.75, 3.05) is 11.9 Å². The van der Waals surface area contributed by atoms with Gasteiger partial charge in [0.2, 0.25) is 5.91 Å². The Balaban J connectivity index is 1.91. The number of rotatable bonds is 2. The van der Waals surface area contributed by atoms with Crippen molar-refractivity contribution in [3.8, 4) is 16.5 Å². The van der Waals surface area contributed by atoms with E-state index in [2.05, 4.69) is 17.5 Å². The molecule has 1 aliphatic heterocycles. The van der Waals surface area contributed by atoms with Crippen LogP contribution in [0.25, 0.3) is 10.4 Å². The summed E-state index contributed by atoms with van der Waals surface area (Å²) in [4.78, 5) is 13.9. The second-order valence-corrected chi connectivity index (χ2v) is 7.78. The van der Waals surface area contributed by atoms with Gasteiger partial charge >= 0.3 is 0 Å². The third-order valence-corrected chi connectivity index (χ3v) is 6.11. The number of anilines is 1. The lowest BCUT2D eigenvalue weighted by Gasteiger charge is -2.30. The van der Waals surface area contributed by atoms with Crippen LogP contribution < -0.4 is 5.32 Å². The van der Waals surface area contributed by atoms with E-state index in [1.165, 1.54) is 11.3 Å². The molecule has 0 saturated carbocycles. The molecule has 27 heavy (non-hydrogen) atoms. The lowest BCUT2D eigenvalue weighted by molar-refractivity contribution is -0.124. The Labute approximate surface area is 162 Å². The average Bonchev–Trinajstić information content (AvgIpc) is 3.02. The van der Waals surface area contributed by atoms with E-state index >= 15 is 0 Å². The largest absolute Gasteiger partial charge is 0.356 e. The molecule has 2 heterocycles. The number of hydrogen-bond donors (Lipinski definition) is 1. The van der Waals surface area contributed by atoms with Crippen LogP contribution in [-0.4, -0.2) is 12.5 Å². The van der Waals surface area contributed by atoms with Crippen molar-refractivity contribution in [1.82, 2.24) is 0 Å². The molecule has 5 heteroatoms. The fraction of sp³-hybridized carbons (Fsp3) is 0.182. The van der Waals surface area contributed by atoms with Crippen molar-refractivity contribution < 1.29 is 9.53 Å². The zero-order valence-corrected chi connectivity index (χ0v) is 15.9. The summed E-state index contributed by atoms with van der Waals surface area (Å²) in [5.41, 5.74) is 3.97. The van der Waals surface area contributed by atoms with Crippen LogP contribution in [0.1, 0.15) is 28.5 Å². The van der Waals surface area contributed by atoms with Crippen LogP contribution in [0, 0.1) is 18.3 Å². The Kier molecular flexibility index (Phi) is 4.31. The zero-order valence-electron chi connectivity index (χ0n) is 15.1. The van der Waals surface area contributed by atoms with Gasteiger partial charge in [-0.2, -0.15) is 5.26 Å². The minimum atomic E-state index is -0.755. The van der Waals surface area contributed by atoms with E-state index in [4.69, 9.17) is 4.74 Å². The lowest BCUT2D eigenvalue weighted by Crippen LogP contribution is -2.28. The molecule has 0 saturated heterocycles. The number of thiophene rings is 1. The maximum atomic E-state index is 12.1. The van der Waals surface area contributed by atoms with Crippen LogP contribution in [0.2, 0.25) is 0 Å². The number of nitrogens with one attached hydrogen (secondary N) is 1. The number of nitriles is 1. The SMILES string of the molecule is Cc1cc(C#N)sc1-c1ccc2c(c1)C(C)(c1ccccc1)OCC(=O)N2. The highest BCUT2D eigenvalue weighted by Gasteiger charge is 2.36. The molecule has 1 N–H and O–H groups in total. The average molecular weight is 374 g/mol. The summed E-state index contributed by atoms with van der Waals surface area (Å²) in [7, 11) is 0. The summed E-state index contributed by atoms with van der Waals surface area (Å²) in [6.07, 6.45) is 0. The number of carbonyl (C=O) groups excluding carboxylic acids is 1. The third kappa shape index (κ3) is 3.03. The fourth-order valence-electron chi connectivity index (χ4n) is 3.48. The number of hydrogen-bond acceptors (Lipinski definition) is 4. The summed E-state index contributed by atoms with van der Waals surface area (Å²) in [6.45, 7) is 3.99. The molecule has 1 aliphatic rings. The van der Waals surface area contributed by atoms with E-state index < -0.39 is 5.60 Å². The first-order chi connectivity index (χ1) is 13.0. The number of aryl methyl sites for hydroxylation is 1. The van der Waals surface area contributed by atoms with Gasteiger partial charge in [0.1, 0.15) is 23.2 Å². The zero-order chi connectivity index (χ0) is 19.0. The summed E-state index contributed by atoms with van der Waals surface area (Å²) in [5, 5.41) is 12.1. The maximum Gasteiger partial charge on any atom is 0.250 e. The molecule has 1 atom stereocenters. The molecule has 1 amide bonds. The van der Waals surface area contributed by atoms with Gasteiger partial charge in [0.15, 0.2) is 0 Å². The Hall–Kier alpha value is -2.94. The van der Waals surface area contributed by atoms with E-state index in [-0.39, 0.29) is 12.5 Å². The molecule has 0 bridgehead atoms.